The standard InChI is InChI=1S/C10H8BrNO2/c1-14-10-4-7(6-12)2-3-8(10)9(13)5-11/h2-4H,5H2,1H3. The van der Waals surface area contributed by atoms with E-state index in [0.717, 1.165) is 0 Å². The lowest BCUT2D eigenvalue weighted by molar-refractivity contribution is 0.102. The zero-order chi connectivity index (χ0) is 10.6. The Labute approximate surface area is 90.4 Å². The first kappa shape index (κ1) is 10.7. The SMILES string of the molecule is COc1cc(C#N)ccc1C(=O)CBr. The quantitative estimate of drug-likeness (QED) is 0.613. The molecular formula is C10H8BrNO2. The third-order valence-electron chi connectivity index (χ3n) is 1.75. The largest absolute Gasteiger partial charge is 0.496 e. The predicted molar refractivity (Wildman–Crippen MR) is 55.8 cm³/mol. The van der Waals surface area contributed by atoms with Crippen molar-refractivity contribution in [3.05, 3.63) is 29.3 Å². The molecule has 0 aliphatic heterocycles. The number of benzene rings is 1. The highest BCUT2D eigenvalue weighted by Gasteiger charge is 2.11. The number of rotatable bonds is 3. The lowest BCUT2D eigenvalue weighted by Gasteiger charge is -2.05. The van der Waals surface area contributed by atoms with E-state index in [0.29, 0.717) is 16.9 Å². The monoisotopic (exact) mass is 253 g/mol. The number of hydrogen-bond acceptors (Lipinski definition) is 3. The number of halogens is 1. The number of Topliss-reactive ketones (excluding diaryl/α,β-unsaturated/α-hetero) is 1. The summed E-state index contributed by atoms with van der Waals surface area (Å²) >= 11 is 3.08. The number of nitrogens with zero attached hydrogens (tertiary/aromatic N) is 1. The normalized spacial score (nSPS) is 9.21. The summed E-state index contributed by atoms with van der Waals surface area (Å²) in [5.74, 6) is 0.375. The fourth-order valence-electron chi connectivity index (χ4n) is 1.06. The van der Waals surface area contributed by atoms with Gasteiger partial charge in [0.25, 0.3) is 0 Å². The molecule has 0 aromatic heterocycles. The van der Waals surface area contributed by atoms with Crippen molar-refractivity contribution >= 4 is 21.7 Å². The van der Waals surface area contributed by atoms with Gasteiger partial charge >= 0.3 is 0 Å². The number of carbonyl (C=O) groups excluding carboxylic acids is 1. The van der Waals surface area contributed by atoms with Crippen molar-refractivity contribution in [2.24, 2.45) is 0 Å². The molecule has 4 heteroatoms. The molecule has 3 nitrogen and oxygen atoms in total. The van der Waals surface area contributed by atoms with Crippen LogP contribution in [0.1, 0.15) is 15.9 Å². The highest BCUT2D eigenvalue weighted by molar-refractivity contribution is 9.09. The van der Waals surface area contributed by atoms with Gasteiger partial charge in [0, 0.05) is 0 Å². The lowest BCUT2D eigenvalue weighted by Crippen LogP contribution is -2.03. The Hall–Kier alpha value is -1.34. The Kier molecular flexibility index (Phi) is 3.66. The fourth-order valence-corrected chi connectivity index (χ4v) is 1.37. The molecule has 0 heterocycles. The first-order valence-corrected chi connectivity index (χ1v) is 5.02. The summed E-state index contributed by atoms with van der Waals surface area (Å²) in [4.78, 5) is 11.4. The molecule has 0 fully saturated rings. The van der Waals surface area contributed by atoms with Gasteiger partial charge in [-0.1, -0.05) is 15.9 Å². The highest BCUT2D eigenvalue weighted by atomic mass is 79.9. The highest BCUT2D eigenvalue weighted by Crippen LogP contribution is 2.20. The van der Waals surface area contributed by atoms with Gasteiger partial charge in [-0.3, -0.25) is 4.79 Å². The van der Waals surface area contributed by atoms with Crippen molar-refractivity contribution in [2.45, 2.75) is 0 Å². The van der Waals surface area contributed by atoms with Crippen LogP contribution >= 0.6 is 15.9 Å². The molecule has 0 N–H and O–H groups in total. The van der Waals surface area contributed by atoms with Crippen molar-refractivity contribution in [1.82, 2.24) is 0 Å². The molecule has 0 saturated heterocycles. The second-order valence-electron chi connectivity index (χ2n) is 2.58. The maximum atomic E-state index is 11.4. The summed E-state index contributed by atoms with van der Waals surface area (Å²) in [5, 5.41) is 8.89. The van der Waals surface area contributed by atoms with Crippen molar-refractivity contribution in [3.8, 4) is 11.8 Å². The van der Waals surface area contributed by atoms with Gasteiger partial charge in [-0.15, -0.1) is 0 Å². The maximum absolute atomic E-state index is 11.4. The van der Waals surface area contributed by atoms with Crippen LogP contribution in [0.2, 0.25) is 0 Å². The van der Waals surface area contributed by atoms with Crippen molar-refractivity contribution in [2.75, 3.05) is 12.4 Å². The van der Waals surface area contributed by atoms with Gasteiger partial charge < -0.3 is 4.74 Å². The Morgan fingerprint density at radius 2 is 2.36 bits per heavy atom. The Bertz CT molecular complexity index is 396. The van der Waals surface area contributed by atoms with Gasteiger partial charge in [0.1, 0.15) is 5.75 Å². The molecule has 0 bridgehead atoms. The maximum Gasteiger partial charge on any atom is 0.177 e. The zero-order valence-corrected chi connectivity index (χ0v) is 9.17. The van der Waals surface area contributed by atoms with Crippen LogP contribution in [0, 0.1) is 11.3 Å². The molecule has 1 rings (SSSR count). The first-order chi connectivity index (χ1) is 6.72. The van der Waals surface area contributed by atoms with E-state index in [1.807, 2.05) is 6.07 Å². The van der Waals surface area contributed by atoms with Crippen molar-refractivity contribution in [1.29, 1.82) is 5.26 Å². The van der Waals surface area contributed by atoms with E-state index in [-0.39, 0.29) is 11.1 Å². The van der Waals surface area contributed by atoms with Crippen LogP contribution in [0.5, 0.6) is 5.75 Å². The number of nitriles is 1. The van der Waals surface area contributed by atoms with E-state index >= 15 is 0 Å². The molecule has 0 amide bonds. The van der Waals surface area contributed by atoms with Gasteiger partial charge in [0.15, 0.2) is 5.78 Å². The Morgan fingerprint density at radius 1 is 1.64 bits per heavy atom. The average Bonchev–Trinajstić information content (AvgIpc) is 2.27. The summed E-state index contributed by atoms with van der Waals surface area (Å²) < 4.78 is 5.02. The van der Waals surface area contributed by atoms with Gasteiger partial charge in [0.2, 0.25) is 0 Å². The number of hydrogen-bond donors (Lipinski definition) is 0. The number of ether oxygens (including phenoxy) is 1. The second-order valence-corrected chi connectivity index (χ2v) is 3.14. The predicted octanol–water partition coefficient (Wildman–Crippen LogP) is 2.14. The smallest absolute Gasteiger partial charge is 0.177 e. The molecule has 1 aromatic carbocycles. The van der Waals surface area contributed by atoms with E-state index in [9.17, 15) is 4.79 Å². The minimum absolute atomic E-state index is 0.0636. The van der Waals surface area contributed by atoms with Crippen LogP contribution in [0.25, 0.3) is 0 Å². The molecule has 1 aromatic rings. The van der Waals surface area contributed by atoms with Crippen LogP contribution in [0.3, 0.4) is 0 Å². The minimum Gasteiger partial charge on any atom is -0.496 e. The summed E-state index contributed by atoms with van der Waals surface area (Å²) in [6.45, 7) is 0. The van der Waals surface area contributed by atoms with Crippen LogP contribution in [0.15, 0.2) is 18.2 Å². The van der Waals surface area contributed by atoms with E-state index < -0.39 is 0 Å². The molecule has 0 aliphatic rings. The van der Waals surface area contributed by atoms with E-state index in [4.69, 9.17) is 10.00 Å². The van der Waals surface area contributed by atoms with Crippen LogP contribution < -0.4 is 4.74 Å². The molecule has 0 saturated carbocycles. The molecule has 0 radical (unpaired) electrons. The fraction of sp³-hybridized carbons (Fsp3) is 0.200. The van der Waals surface area contributed by atoms with Crippen LogP contribution in [-0.2, 0) is 0 Å². The summed E-state index contributed by atoms with van der Waals surface area (Å²) in [5.41, 5.74) is 0.969. The average molecular weight is 254 g/mol. The number of alkyl halides is 1. The summed E-state index contributed by atoms with van der Waals surface area (Å²) in [7, 11) is 1.47. The number of ketones is 1. The molecule has 0 unspecified atom stereocenters. The summed E-state index contributed by atoms with van der Waals surface area (Å²) in [6.07, 6.45) is 0. The number of carbonyl (C=O) groups is 1. The molecule has 14 heavy (non-hydrogen) atoms. The third-order valence-corrected chi connectivity index (χ3v) is 2.26. The van der Waals surface area contributed by atoms with Gasteiger partial charge in [0.05, 0.1) is 29.6 Å². The Morgan fingerprint density at radius 3 is 2.86 bits per heavy atom. The third kappa shape index (κ3) is 2.12. The topological polar surface area (TPSA) is 50.1 Å². The molecule has 0 aliphatic carbocycles. The lowest BCUT2D eigenvalue weighted by atomic mass is 10.1. The molecule has 0 spiro atoms. The minimum atomic E-state index is -0.0636. The van der Waals surface area contributed by atoms with Crippen molar-refractivity contribution < 1.29 is 9.53 Å². The van der Waals surface area contributed by atoms with E-state index in [1.165, 1.54) is 7.11 Å². The van der Waals surface area contributed by atoms with E-state index in [2.05, 4.69) is 15.9 Å². The molecular weight excluding hydrogens is 246 g/mol. The van der Waals surface area contributed by atoms with Crippen molar-refractivity contribution in [3.63, 3.8) is 0 Å². The van der Waals surface area contributed by atoms with Gasteiger partial charge in [-0.05, 0) is 18.2 Å². The Balaban J connectivity index is 3.19. The molecule has 0 atom stereocenters. The second kappa shape index (κ2) is 4.77. The van der Waals surface area contributed by atoms with Crippen LogP contribution in [-0.4, -0.2) is 18.2 Å². The zero-order valence-electron chi connectivity index (χ0n) is 7.58. The van der Waals surface area contributed by atoms with E-state index in [1.54, 1.807) is 18.2 Å². The van der Waals surface area contributed by atoms with Gasteiger partial charge in [-0.2, -0.15) is 5.26 Å². The first-order valence-electron chi connectivity index (χ1n) is 3.90. The van der Waals surface area contributed by atoms with Gasteiger partial charge in [-0.25, -0.2) is 0 Å². The number of methoxy groups -OCH3 is 1. The van der Waals surface area contributed by atoms with Crippen LogP contribution in [0.4, 0.5) is 0 Å². The molecule has 72 valence electrons. The summed E-state index contributed by atoms with van der Waals surface area (Å²) in [6, 6.07) is 6.73.